The number of benzene rings is 1. The number of nitrogen functional groups attached to an aromatic ring is 1. The van der Waals surface area contributed by atoms with E-state index in [-0.39, 0.29) is 5.91 Å². The first-order chi connectivity index (χ1) is 11.9. The van der Waals surface area contributed by atoms with Crippen LogP contribution in [0.3, 0.4) is 0 Å². The molecule has 3 rings (SSSR count). The van der Waals surface area contributed by atoms with Crippen molar-refractivity contribution in [1.82, 2.24) is 4.98 Å². The van der Waals surface area contributed by atoms with Crippen LogP contribution in [-0.4, -0.2) is 18.0 Å². The van der Waals surface area contributed by atoms with Gasteiger partial charge in [-0.3, -0.25) is 4.79 Å². The van der Waals surface area contributed by atoms with Crippen LogP contribution in [0.5, 0.6) is 0 Å². The van der Waals surface area contributed by atoms with Gasteiger partial charge in [-0.1, -0.05) is 11.6 Å². The Kier molecular flexibility index (Phi) is 4.94. The quantitative estimate of drug-likeness (QED) is 0.701. The number of anilines is 2. The van der Waals surface area contributed by atoms with E-state index in [4.69, 9.17) is 22.1 Å². The summed E-state index contributed by atoms with van der Waals surface area (Å²) in [6.45, 7) is 4.21. The molecule has 0 spiro atoms. The second kappa shape index (κ2) is 7.00. The Balaban J connectivity index is 2.00. The van der Waals surface area contributed by atoms with Crippen molar-refractivity contribution < 1.29 is 9.53 Å². The van der Waals surface area contributed by atoms with Gasteiger partial charge in [0.25, 0.3) is 5.91 Å². The second-order valence-electron chi connectivity index (χ2n) is 5.80. The van der Waals surface area contributed by atoms with Gasteiger partial charge in [0, 0.05) is 28.9 Å². The van der Waals surface area contributed by atoms with Gasteiger partial charge < -0.3 is 15.8 Å². The molecule has 130 valence electrons. The summed E-state index contributed by atoms with van der Waals surface area (Å²) in [6, 6.07) is 7.26. The smallest absolute Gasteiger partial charge is 0.267 e. The van der Waals surface area contributed by atoms with E-state index in [2.05, 4.69) is 10.3 Å². The van der Waals surface area contributed by atoms with Crippen molar-refractivity contribution in [3.8, 4) is 0 Å². The van der Waals surface area contributed by atoms with Crippen LogP contribution in [-0.2, 0) is 11.3 Å². The molecule has 0 aliphatic rings. The molecule has 2 aromatic heterocycles. The van der Waals surface area contributed by atoms with E-state index in [0.717, 1.165) is 27.0 Å². The molecule has 0 radical (unpaired) electrons. The molecule has 1 aromatic carbocycles. The van der Waals surface area contributed by atoms with E-state index in [1.54, 1.807) is 19.2 Å². The molecule has 0 bridgehead atoms. The molecule has 0 unspecified atom stereocenters. The number of hydrogen-bond donors (Lipinski definition) is 2. The lowest BCUT2D eigenvalue weighted by atomic mass is 10.1. The molecule has 5 nitrogen and oxygen atoms in total. The summed E-state index contributed by atoms with van der Waals surface area (Å²) in [4.78, 5) is 18.4. The molecule has 0 saturated heterocycles. The van der Waals surface area contributed by atoms with Gasteiger partial charge in [0.1, 0.15) is 9.71 Å². The van der Waals surface area contributed by atoms with Gasteiger partial charge in [0.15, 0.2) is 0 Å². The number of rotatable bonds is 4. The van der Waals surface area contributed by atoms with Crippen LogP contribution in [0, 0.1) is 13.8 Å². The normalized spacial score (nSPS) is 11.0. The lowest BCUT2D eigenvalue weighted by Gasteiger charge is -2.07. The average molecular weight is 376 g/mol. The third-order valence-electron chi connectivity index (χ3n) is 3.83. The Morgan fingerprint density at radius 1 is 1.36 bits per heavy atom. The average Bonchev–Trinajstić information content (AvgIpc) is 2.88. The zero-order chi connectivity index (χ0) is 18.1. The molecule has 2 heterocycles. The Morgan fingerprint density at radius 2 is 2.12 bits per heavy atom. The van der Waals surface area contributed by atoms with Crippen molar-refractivity contribution in [1.29, 1.82) is 0 Å². The predicted molar refractivity (Wildman–Crippen MR) is 104 cm³/mol. The van der Waals surface area contributed by atoms with Crippen LogP contribution in [0.4, 0.5) is 11.4 Å². The van der Waals surface area contributed by atoms with Crippen LogP contribution >= 0.6 is 22.9 Å². The fourth-order valence-corrected chi connectivity index (χ4v) is 3.88. The van der Waals surface area contributed by atoms with E-state index in [1.807, 2.05) is 26.0 Å². The first-order valence-corrected chi connectivity index (χ1v) is 8.85. The van der Waals surface area contributed by atoms with Crippen LogP contribution in [0.2, 0.25) is 5.02 Å². The number of carbonyl (C=O) groups excluding carboxylic acids is 1. The fourth-order valence-electron chi connectivity index (χ4n) is 2.69. The maximum absolute atomic E-state index is 12.7. The van der Waals surface area contributed by atoms with Gasteiger partial charge >= 0.3 is 0 Å². The highest BCUT2D eigenvalue weighted by Gasteiger charge is 2.20. The highest BCUT2D eigenvalue weighted by molar-refractivity contribution is 7.21. The molecule has 1 amide bonds. The minimum Gasteiger partial charge on any atom is -0.397 e. The number of amides is 1. The molecule has 7 heteroatoms. The third-order valence-corrected chi connectivity index (χ3v) is 5.35. The summed E-state index contributed by atoms with van der Waals surface area (Å²) >= 11 is 7.31. The van der Waals surface area contributed by atoms with E-state index in [1.165, 1.54) is 11.3 Å². The van der Waals surface area contributed by atoms with Crippen LogP contribution < -0.4 is 11.1 Å². The summed E-state index contributed by atoms with van der Waals surface area (Å²) in [5.74, 6) is -0.261. The number of methoxy groups -OCH3 is 1. The largest absolute Gasteiger partial charge is 0.397 e. The first-order valence-electron chi connectivity index (χ1n) is 7.65. The van der Waals surface area contributed by atoms with Gasteiger partial charge in [0.2, 0.25) is 0 Å². The molecule has 0 atom stereocenters. The Morgan fingerprint density at radius 3 is 2.80 bits per heavy atom. The summed E-state index contributed by atoms with van der Waals surface area (Å²) in [5, 5.41) is 4.31. The van der Waals surface area contributed by atoms with E-state index < -0.39 is 0 Å². The molecular weight excluding hydrogens is 358 g/mol. The van der Waals surface area contributed by atoms with E-state index in [9.17, 15) is 4.79 Å². The predicted octanol–water partition coefficient (Wildman–Crippen LogP) is 4.55. The number of aryl methyl sites for hydroxylation is 2. The van der Waals surface area contributed by atoms with Crippen molar-refractivity contribution >= 4 is 50.4 Å². The molecule has 0 aliphatic heterocycles. The molecule has 3 aromatic rings. The van der Waals surface area contributed by atoms with Gasteiger partial charge in [-0.15, -0.1) is 11.3 Å². The number of carbonyl (C=O) groups is 1. The maximum Gasteiger partial charge on any atom is 0.267 e. The van der Waals surface area contributed by atoms with Crippen molar-refractivity contribution in [3.05, 3.63) is 51.0 Å². The van der Waals surface area contributed by atoms with Gasteiger partial charge in [-0.2, -0.15) is 0 Å². The zero-order valence-electron chi connectivity index (χ0n) is 14.1. The Hall–Kier alpha value is -2.15. The van der Waals surface area contributed by atoms with Gasteiger partial charge in [-0.05, 0) is 49.2 Å². The SMILES string of the molecule is COCc1cc(C)nc2sc(C(=O)Nc3ccc(Cl)c(C)c3)c(N)c12. The lowest BCUT2D eigenvalue weighted by Crippen LogP contribution is -2.12. The number of nitrogens with two attached hydrogens (primary N) is 1. The van der Waals surface area contributed by atoms with Crippen molar-refractivity contribution in [2.45, 2.75) is 20.5 Å². The highest BCUT2D eigenvalue weighted by Crippen LogP contribution is 2.36. The van der Waals surface area contributed by atoms with Crippen molar-refractivity contribution in [2.24, 2.45) is 0 Å². The number of nitrogens with zero attached hydrogens (tertiary/aromatic N) is 1. The first kappa shape index (κ1) is 17.7. The summed E-state index contributed by atoms with van der Waals surface area (Å²) < 4.78 is 5.24. The number of thiophene rings is 1. The van der Waals surface area contributed by atoms with E-state index in [0.29, 0.717) is 27.9 Å². The number of fused-ring (bicyclic) bond motifs is 1. The molecular formula is C18H18ClN3O2S. The minimum absolute atomic E-state index is 0.261. The van der Waals surface area contributed by atoms with Crippen LogP contribution in [0.1, 0.15) is 26.5 Å². The fraction of sp³-hybridized carbons (Fsp3) is 0.222. The molecule has 25 heavy (non-hydrogen) atoms. The number of ether oxygens (including phenoxy) is 1. The third kappa shape index (κ3) is 3.46. The number of nitrogens with one attached hydrogen (secondary N) is 1. The minimum atomic E-state index is -0.261. The number of hydrogen-bond acceptors (Lipinski definition) is 5. The molecule has 3 N–H and O–H groups in total. The van der Waals surface area contributed by atoms with Crippen LogP contribution in [0.15, 0.2) is 24.3 Å². The maximum atomic E-state index is 12.7. The monoisotopic (exact) mass is 375 g/mol. The van der Waals surface area contributed by atoms with Crippen molar-refractivity contribution in [3.63, 3.8) is 0 Å². The van der Waals surface area contributed by atoms with Gasteiger partial charge in [0.05, 0.1) is 12.3 Å². The standard InChI is InChI=1S/C18H18ClN3O2S/c1-9-6-12(4-5-13(9)19)22-17(23)16-15(20)14-11(8-24-3)7-10(2)21-18(14)25-16/h4-7H,8,20H2,1-3H3,(H,22,23). The molecule has 0 fully saturated rings. The summed E-state index contributed by atoms with van der Waals surface area (Å²) in [5.41, 5.74) is 10.1. The Bertz CT molecular complexity index is 969. The van der Waals surface area contributed by atoms with Gasteiger partial charge in [-0.25, -0.2) is 4.98 Å². The second-order valence-corrected chi connectivity index (χ2v) is 7.21. The number of pyridine rings is 1. The highest BCUT2D eigenvalue weighted by atomic mass is 35.5. The van der Waals surface area contributed by atoms with E-state index >= 15 is 0 Å². The topological polar surface area (TPSA) is 77.2 Å². The summed E-state index contributed by atoms with van der Waals surface area (Å²) in [7, 11) is 1.63. The molecule has 0 saturated carbocycles. The Labute approximate surface area is 154 Å². The van der Waals surface area contributed by atoms with Crippen LogP contribution in [0.25, 0.3) is 10.2 Å². The molecule has 0 aliphatic carbocycles. The number of aromatic nitrogens is 1. The summed E-state index contributed by atoms with van der Waals surface area (Å²) in [6.07, 6.45) is 0. The zero-order valence-corrected chi connectivity index (χ0v) is 15.7. The van der Waals surface area contributed by atoms with Crippen molar-refractivity contribution in [2.75, 3.05) is 18.2 Å². The number of halogens is 1. The lowest BCUT2D eigenvalue weighted by molar-refractivity contribution is 0.103.